The molecule has 0 aromatic heterocycles. The Morgan fingerprint density at radius 3 is 2.43 bits per heavy atom. The van der Waals surface area contributed by atoms with Gasteiger partial charge in [-0.25, -0.2) is 5.43 Å². The van der Waals surface area contributed by atoms with Gasteiger partial charge in [-0.2, -0.15) is 5.10 Å². The Balaban J connectivity index is 1.99. The lowest BCUT2D eigenvalue weighted by Gasteiger charge is -2.04. The van der Waals surface area contributed by atoms with Gasteiger partial charge < -0.3 is 0 Å². The summed E-state index contributed by atoms with van der Waals surface area (Å²) in [6, 6.07) is 14.9. The number of nitrogens with zero attached hydrogens (tertiary/aromatic N) is 1. The Bertz CT molecular complexity index is 648. The van der Waals surface area contributed by atoms with Crippen LogP contribution in [-0.4, -0.2) is 12.1 Å². The van der Waals surface area contributed by atoms with Crippen molar-refractivity contribution in [1.82, 2.24) is 5.43 Å². The maximum absolute atomic E-state index is 11.9. The van der Waals surface area contributed by atoms with Crippen molar-refractivity contribution in [1.29, 1.82) is 0 Å². The number of amides is 1. The summed E-state index contributed by atoms with van der Waals surface area (Å²) in [7, 11) is 0. The Morgan fingerprint density at radius 1 is 1.14 bits per heavy atom. The van der Waals surface area contributed by atoms with Crippen molar-refractivity contribution in [3.05, 3.63) is 70.2 Å². The summed E-state index contributed by atoms with van der Waals surface area (Å²) < 4.78 is 0. The molecule has 108 valence electrons. The second-order valence-electron chi connectivity index (χ2n) is 5.00. The summed E-state index contributed by atoms with van der Waals surface area (Å²) in [4.78, 5) is 11.9. The molecule has 1 amide bonds. The highest BCUT2D eigenvalue weighted by molar-refractivity contribution is 6.33. The first-order valence-electron chi connectivity index (χ1n) is 6.76. The lowest BCUT2D eigenvalue weighted by molar-refractivity contribution is 0.0955. The van der Waals surface area contributed by atoms with Crippen LogP contribution in [0, 0.1) is 0 Å². The van der Waals surface area contributed by atoms with E-state index >= 15 is 0 Å². The molecule has 0 saturated heterocycles. The number of carbonyl (C=O) groups excluding carboxylic acids is 1. The van der Waals surface area contributed by atoms with Gasteiger partial charge in [-0.05, 0) is 29.2 Å². The van der Waals surface area contributed by atoms with Crippen molar-refractivity contribution >= 4 is 23.7 Å². The van der Waals surface area contributed by atoms with Crippen LogP contribution in [0.3, 0.4) is 0 Å². The van der Waals surface area contributed by atoms with Gasteiger partial charge in [0, 0.05) is 0 Å². The maximum Gasteiger partial charge on any atom is 0.272 e. The zero-order valence-corrected chi connectivity index (χ0v) is 12.8. The number of hydrogen-bond donors (Lipinski definition) is 1. The molecule has 0 radical (unpaired) electrons. The van der Waals surface area contributed by atoms with E-state index in [2.05, 4.69) is 36.5 Å². The average molecular weight is 301 g/mol. The van der Waals surface area contributed by atoms with Gasteiger partial charge in [-0.15, -0.1) is 0 Å². The minimum Gasteiger partial charge on any atom is -0.267 e. The first kappa shape index (κ1) is 15.3. The quantitative estimate of drug-likeness (QED) is 0.666. The first-order valence-corrected chi connectivity index (χ1v) is 7.13. The maximum atomic E-state index is 11.9. The zero-order valence-electron chi connectivity index (χ0n) is 12.0. The summed E-state index contributed by atoms with van der Waals surface area (Å²) in [6.07, 6.45) is 1.61. The van der Waals surface area contributed by atoms with Crippen LogP contribution in [-0.2, 0) is 0 Å². The van der Waals surface area contributed by atoms with Gasteiger partial charge in [-0.3, -0.25) is 4.79 Å². The molecule has 0 heterocycles. The van der Waals surface area contributed by atoms with E-state index in [1.54, 1.807) is 30.5 Å². The summed E-state index contributed by atoms with van der Waals surface area (Å²) in [5, 5.41) is 4.36. The van der Waals surface area contributed by atoms with Gasteiger partial charge in [0.05, 0.1) is 16.8 Å². The third-order valence-corrected chi connectivity index (χ3v) is 3.43. The van der Waals surface area contributed by atoms with Gasteiger partial charge in [-0.1, -0.05) is 61.8 Å². The summed E-state index contributed by atoms with van der Waals surface area (Å²) in [5.41, 5.74) is 5.08. The zero-order chi connectivity index (χ0) is 15.2. The van der Waals surface area contributed by atoms with Gasteiger partial charge in [0.1, 0.15) is 0 Å². The van der Waals surface area contributed by atoms with Gasteiger partial charge in [0.25, 0.3) is 5.91 Å². The van der Waals surface area contributed by atoms with Gasteiger partial charge in [0.2, 0.25) is 0 Å². The van der Waals surface area contributed by atoms with E-state index in [4.69, 9.17) is 11.6 Å². The van der Waals surface area contributed by atoms with Crippen LogP contribution in [0.2, 0.25) is 5.02 Å². The van der Waals surface area contributed by atoms with E-state index in [0.717, 1.165) is 5.56 Å². The van der Waals surface area contributed by atoms with E-state index < -0.39 is 0 Å². The smallest absolute Gasteiger partial charge is 0.267 e. The fourth-order valence-corrected chi connectivity index (χ4v) is 2.06. The molecular formula is C17H17ClN2O. The number of halogens is 1. The second-order valence-corrected chi connectivity index (χ2v) is 5.41. The fraction of sp³-hybridized carbons (Fsp3) is 0.176. The number of carbonyl (C=O) groups is 1. The van der Waals surface area contributed by atoms with Crippen molar-refractivity contribution in [3.63, 3.8) is 0 Å². The van der Waals surface area contributed by atoms with Crippen molar-refractivity contribution in [3.8, 4) is 0 Å². The Morgan fingerprint density at radius 2 is 1.81 bits per heavy atom. The lowest BCUT2D eigenvalue weighted by atomic mass is 10.0. The van der Waals surface area contributed by atoms with Crippen LogP contribution < -0.4 is 5.43 Å². The van der Waals surface area contributed by atoms with E-state index in [9.17, 15) is 4.79 Å². The number of hydrogen-bond acceptors (Lipinski definition) is 2. The molecule has 0 spiro atoms. The molecule has 0 fully saturated rings. The van der Waals surface area contributed by atoms with Gasteiger partial charge >= 0.3 is 0 Å². The van der Waals surface area contributed by atoms with Crippen LogP contribution in [0.25, 0.3) is 0 Å². The topological polar surface area (TPSA) is 41.5 Å². The van der Waals surface area contributed by atoms with E-state index in [1.807, 2.05) is 12.1 Å². The predicted molar refractivity (Wildman–Crippen MR) is 87.0 cm³/mol. The fourth-order valence-electron chi connectivity index (χ4n) is 1.84. The predicted octanol–water partition coefficient (Wildman–Crippen LogP) is 4.23. The van der Waals surface area contributed by atoms with Crippen molar-refractivity contribution < 1.29 is 4.79 Å². The van der Waals surface area contributed by atoms with Crippen molar-refractivity contribution in [2.75, 3.05) is 0 Å². The number of nitrogens with one attached hydrogen (secondary N) is 1. The van der Waals surface area contributed by atoms with Gasteiger partial charge in [0.15, 0.2) is 0 Å². The monoisotopic (exact) mass is 300 g/mol. The van der Waals surface area contributed by atoms with Crippen LogP contribution in [0.15, 0.2) is 53.6 Å². The minimum atomic E-state index is -0.323. The molecular weight excluding hydrogens is 284 g/mol. The molecule has 1 N–H and O–H groups in total. The largest absolute Gasteiger partial charge is 0.272 e. The minimum absolute atomic E-state index is 0.323. The molecule has 0 saturated carbocycles. The summed E-state index contributed by atoms with van der Waals surface area (Å²) in [5.74, 6) is 0.173. The summed E-state index contributed by atoms with van der Waals surface area (Å²) in [6.45, 7) is 4.29. The molecule has 21 heavy (non-hydrogen) atoms. The van der Waals surface area contributed by atoms with Crippen LogP contribution in [0.1, 0.15) is 41.3 Å². The molecule has 3 nitrogen and oxygen atoms in total. The molecule has 2 aromatic rings. The SMILES string of the molecule is CC(C)c1ccc(C=NNC(=O)c2ccccc2Cl)cc1. The van der Waals surface area contributed by atoms with Crippen LogP contribution >= 0.6 is 11.6 Å². The first-order chi connectivity index (χ1) is 10.1. The molecule has 0 aliphatic rings. The van der Waals surface area contributed by atoms with Crippen molar-refractivity contribution in [2.24, 2.45) is 5.10 Å². The summed E-state index contributed by atoms with van der Waals surface area (Å²) >= 11 is 5.95. The van der Waals surface area contributed by atoms with E-state index in [0.29, 0.717) is 16.5 Å². The molecule has 0 unspecified atom stereocenters. The Kier molecular flexibility index (Phi) is 5.12. The molecule has 2 rings (SSSR count). The third-order valence-electron chi connectivity index (χ3n) is 3.10. The molecule has 0 aliphatic heterocycles. The highest BCUT2D eigenvalue weighted by Crippen LogP contribution is 2.15. The lowest BCUT2D eigenvalue weighted by Crippen LogP contribution is -2.17. The highest BCUT2D eigenvalue weighted by atomic mass is 35.5. The highest BCUT2D eigenvalue weighted by Gasteiger charge is 2.07. The Hall–Kier alpha value is -2.13. The van der Waals surface area contributed by atoms with Crippen LogP contribution in [0.5, 0.6) is 0 Å². The van der Waals surface area contributed by atoms with Crippen molar-refractivity contribution in [2.45, 2.75) is 19.8 Å². The van der Waals surface area contributed by atoms with Crippen LogP contribution in [0.4, 0.5) is 0 Å². The molecule has 2 aromatic carbocycles. The molecule has 4 heteroatoms. The standard InChI is InChI=1S/C17H17ClN2O/c1-12(2)14-9-7-13(8-10-14)11-19-20-17(21)15-5-3-4-6-16(15)18/h3-12H,1-2H3,(H,20,21). The Labute approximate surface area is 129 Å². The van der Waals surface area contributed by atoms with E-state index in [-0.39, 0.29) is 5.91 Å². The number of hydrazone groups is 1. The molecule has 0 atom stereocenters. The molecule has 0 bridgehead atoms. The third kappa shape index (κ3) is 4.17. The number of benzene rings is 2. The average Bonchev–Trinajstić information content (AvgIpc) is 2.48. The second kappa shape index (κ2) is 7.04. The molecule has 0 aliphatic carbocycles. The number of rotatable bonds is 4. The normalized spacial score (nSPS) is 11.0. The van der Waals surface area contributed by atoms with E-state index in [1.165, 1.54) is 5.56 Å².